The second-order valence-corrected chi connectivity index (χ2v) is 7.22. The van der Waals surface area contributed by atoms with Crippen LogP contribution in [0.2, 0.25) is 0 Å². The van der Waals surface area contributed by atoms with Gasteiger partial charge in [-0.25, -0.2) is 4.79 Å². The molecule has 1 unspecified atom stereocenters. The highest BCUT2D eigenvalue weighted by Crippen LogP contribution is 2.39. The SMILES string of the molecule is COC(=O)c1occc1C1CCc2ccc3c(ccc4ccccc43)c2C1. The Kier molecular flexibility index (Phi) is 3.75. The zero-order valence-electron chi connectivity index (χ0n) is 15.2. The molecule has 0 aliphatic heterocycles. The Morgan fingerprint density at radius 1 is 1.00 bits per heavy atom. The molecule has 0 fully saturated rings. The lowest BCUT2D eigenvalue weighted by Gasteiger charge is -2.26. The van der Waals surface area contributed by atoms with Gasteiger partial charge >= 0.3 is 5.97 Å². The van der Waals surface area contributed by atoms with Crippen LogP contribution in [-0.2, 0) is 17.6 Å². The fraction of sp³-hybridized carbons (Fsp3) is 0.208. The molecule has 1 aromatic heterocycles. The molecule has 0 spiro atoms. The normalized spacial score (nSPS) is 16.4. The lowest BCUT2D eigenvalue weighted by molar-refractivity contribution is 0.0562. The van der Waals surface area contributed by atoms with Crippen molar-refractivity contribution in [2.24, 2.45) is 0 Å². The minimum atomic E-state index is -0.398. The van der Waals surface area contributed by atoms with Gasteiger partial charge in [0.25, 0.3) is 0 Å². The number of hydrogen-bond acceptors (Lipinski definition) is 3. The van der Waals surface area contributed by atoms with Crippen molar-refractivity contribution in [3.63, 3.8) is 0 Å². The van der Waals surface area contributed by atoms with Crippen LogP contribution in [0.25, 0.3) is 21.5 Å². The Bertz CT molecular complexity index is 1170. The Hall–Kier alpha value is -3.07. The molecule has 3 aromatic carbocycles. The molecule has 5 rings (SSSR count). The zero-order valence-corrected chi connectivity index (χ0v) is 15.2. The van der Waals surface area contributed by atoms with Crippen molar-refractivity contribution >= 4 is 27.5 Å². The van der Waals surface area contributed by atoms with Gasteiger partial charge in [0.15, 0.2) is 0 Å². The molecule has 3 nitrogen and oxygen atoms in total. The van der Waals surface area contributed by atoms with Crippen molar-refractivity contribution in [3.05, 3.63) is 83.3 Å². The number of ether oxygens (including phenoxy) is 1. The van der Waals surface area contributed by atoms with E-state index in [1.165, 1.54) is 39.8 Å². The van der Waals surface area contributed by atoms with Crippen LogP contribution >= 0.6 is 0 Å². The van der Waals surface area contributed by atoms with E-state index in [9.17, 15) is 4.79 Å². The molecule has 1 heterocycles. The second kappa shape index (κ2) is 6.27. The van der Waals surface area contributed by atoms with Gasteiger partial charge < -0.3 is 9.15 Å². The summed E-state index contributed by atoms with van der Waals surface area (Å²) in [6.45, 7) is 0. The third-order valence-corrected chi connectivity index (χ3v) is 5.85. The summed E-state index contributed by atoms with van der Waals surface area (Å²) in [5.74, 6) is 0.212. The van der Waals surface area contributed by atoms with Crippen molar-refractivity contribution in [1.29, 1.82) is 0 Å². The first-order valence-corrected chi connectivity index (χ1v) is 9.34. The summed E-state index contributed by atoms with van der Waals surface area (Å²) in [7, 11) is 1.39. The van der Waals surface area contributed by atoms with E-state index >= 15 is 0 Å². The van der Waals surface area contributed by atoms with E-state index in [-0.39, 0.29) is 5.92 Å². The van der Waals surface area contributed by atoms with Crippen LogP contribution in [0.5, 0.6) is 0 Å². The fourth-order valence-electron chi connectivity index (χ4n) is 4.51. The maximum atomic E-state index is 12.0. The second-order valence-electron chi connectivity index (χ2n) is 7.22. The van der Waals surface area contributed by atoms with Crippen LogP contribution in [0.3, 0.4) is 0 Å². The predicted molar refractivity (Wildman–Crippen MR) is 106 cm³/mol. The predicted octanol–water partition coefficient (Wildman–Crippen LogP) is 5.65. The van der Waals surface area contributed by atoms with Crippen LogP contribution in [0, 0.1) is 0 Å². The van der Waals surface area contributed by atoms with Crippen LogP contribution in [-0.4, -0.2) is 13.1 Å². The summed E-state index contributed by atoms with van der Waals surface area (Å²) in [5, 5.41) is 5.17. The van der Waals surface area contributed by atoms with Gasteiger partial charge in [-0.1, -0.05) is 48.5 Å². The average molecular weight is 356 g/mol. The summed E-state index contributed by atoms with van der Waals surface area (Å²) >= 11 is 0. The van der Waals surface area contributed by atoms with Crippen molar-refractivity contribution < 1.29 is 13.9 Å². The summed E-state index contributed by atoms with van der Waals surface area (Å²) < 4.78 is 10.3. The van der Waals surface area contributed by atoms with Crippen LogP contribution in [0.1, 0.15) is 39.6 Å². The largest absolute Gasteiger partial charge is 0.463 e. The number of carbonyl (C=O) groups excluding carboxylic acids is 1. The molecule has 0 amide bonds. The smallest absolute Gasteiger partial charge is 0.374 e. The molecule has 134 valence electrons. The Morgan fingerprint density at radius 2 is 1.85 bits per heavy atom. The highest BCUT2D eigenvalue weighted by Gasteiger charge is 2.27. The van der Waals surface area contributed by atoms with E-state index in [0.717, 1.165) is 24.8 Å². The van der Waals surface area contributed by atoms with Crippen LogP contribution in [0.4, 0.5) is 0 Å². The third-order valence-electron chi connectivity index (χ3n) is 5.85. The molecule has 27 heavy (non-hydrogen) atoms. The number of furan rings is 1. The van der Waals surface area contributed by atoms with Crippen LogP contribution in [0.15, 0.2) is 65.3 Å². The van der Waals surface area contributed by atoms with Crippen LogP contribution < -0.4 is 0 Å². The number of hydrogen-bond donors (Lipinski definition) is 0. The van der Waals surface area contributed by atoms with Gasteiger partial charge in [0, 0.05) is 5.56 Å². The molecule has 0 radical (unpaired) electrons. The van der Waals surface area contributed by atoms with Crippen molar-refractivity contribution in [3.8, 4) is 0 Å². The summed E-state index contributed by atoms with van der Waals surface area (Å²) in [6.07, 6.45) is 4.52. The number of aryl methyl sites for hydroxylation is 1. The molecular formula is C24H20O3. The standard InChI is InChI=1S/C24H20O3/c1-26-24(25)23-19(12-13-27-23)17-7-6-16-9-10-20-18-5-3-2-4-15(18)8-11-21(20)22(16)14-17/h2-5,8-13,17H,6-7,14H2,1H3. The van der Waals surface area contributed by atoms with E-state index < -0.39 is 5.97 Å². The molecule has 0 saturated heterocycles. The molecule has 3 heteroatoms. The molecule has 1 aliphatic carbocycles. The van der Waals surface area contributed by atoms with Gasteiger partial charge in [0.1, 0.15) is 0 Å². The van der Waals surface area contributed by atoms with E-state index in [4.69, 9.17) is 9.15 Å². The van der Waals surface area contributed by atoms with E-state index in [2.05, 4.69) is 48.5 Å². The number of carbonyl (C=O) groups is 1. The van der Waals surface area contributed by atoms with Gasteiger partial charge in [-0.2, -0.15) is 0 Å². The van der Waals surface area contributed by atoms with Gasteiger partial charge in [0.2, 0.25) is 5.76 Å². The van der Waals surface area contributed by atoms with E-state index in [0.29, 0.717) is 5.76 Å². The molecule has 1 aliphatic rings. The summed E-state index contributed by atoms with van der Waals surface area (Å²) in [4.78, 5) is 12.0. The van der Waals surface area contributed by atoms with Gasteiger partial charge in [-0.15, -0.1) is 0 Å². The highest BCUT2D eigenvalue weighted by atomic mass is 16.5. The Labute approximate surface area is 157 Å². The zero-order chi connectivity index (χ0) is 18.4. The van der Waals surface area contributed by atoms with E-state index in [1.807, 2.05) is 6.07 Å². The first-order valence-electron chi connectivity index (χ1n) is 9.34. The molecular weight excluding hydrogens is 336 g/mol. The Balaban J connectivity index is 1.63. The molecule has 0 N–H and O–H groups in total. The van der Waals surface area contributed by atoms with E-state index in [1.54, 1.807) is 6.26 Å². The first kappa shape index (κ1) is 16.1. The molecule has 0 bridgehead atoms. The number of rotatable bonds is 2. The van der Waals surface area contributed by atoms with Crippen molar-refractivity contribution in [2.75, 3.05) is 7.11 Å². The maximum absolute atomic E-state index is 12.0. The van der Waals surface area contributed by atoms with Crippen molar-refractivity contribution in [1.82, 2.24) is 0 Å². The molecule has 1 atom stereocenters. The van der Waals surface area contributed by atoms with Gasteiger partial charge in [0.05, 0.1) is 13.4 Å². The summed E-state index contributed by atoms with van der Waals surface area (Å²) in [6, 6.07) is 19.4. The minimum Gasteiger partial charge on any atom is -0.463 e. The fourth-order valence-corrected chi connectivity index (χ4v) is 4.51. The molecule has 4 aromatic rings. The topological polar surface area (TPSA) is 39.4 Å². The van der Waals surface area contributed by atoms with Gasteiger partial charge in [-0.3, -0.25) is 0 Å². The molecule has 0 saturated carbocycles. The van der Waals surface area contributed by atoms with Crippen molar-refractivity contribution in [2.45, 2.75) is 25.2 Å². The highest BCUT2D eigenvalue weighted by molar-refractivity contribution is 6.08. The minimum absolute atomic E-state index is 0.266. The maximum Gasteiger partial charge on any atom is 0.374 e. The quantitative estimate of drug-likeness (QED) is 0.344. The number of fused-ring (bicyclic) bond motifs is 5. The first-order chi connectivity index (χ1) is 13.3. The monoisotopic (exact) mass is 356 g/mol. The third kappa shape index (κ3) is 2.54. The van der Waals surface area contributed by atoms with Gasteiger partial charge in [-0.05, 0) is 63.9 Å². The average Bonchev–Trinajstić information content (AvgIpc) is 3.22. The lowest BCUT2D eigenvalue weighted by Crippen LogP contribution is -2.15. The number of benzene rings is 3. The lowest BCUT2D eigenvalue weighted by atomic mass is 9.78. The Morgan fingerprint density at radius 3 is 2.74 bits per heavy atom. The number of methoxy groups -OCH3 is 1. The summed E-state index contributed by atoms with van der Waals surface area (Å²) in [5.41, 5.74) is 3.77. The number of esters is 1.